The van der Waals surface area contributed by atoms with Gasteiger partial charge in [0.1, 0.15) is 0 Å². The minimum Gasteiger partial charge on any atom is -0.381 e. The van der Waals surface area contributed by atoms with Crippen LogP contribution in [0, 0.1) is 0 Å². The SMILES string of the molecule is CCNC(=NCC1(S(C)(=O)=O)CCOCC1)N(C)Cc1ccc(Cl)s1.I. The number of guanidine groups is 1. The number of rotatable bonds is 6. The summed E-state index contributed by atoms with van der Waals surface area (Å²) in [5, 5.41) is 3.24. The average molecular weight is 536 g/mol. The van der Waals surface area contributed by atoms with Gasteiger partial charge >= 0.3 is 0 Å². The van der Waals surface area contributed by atoms with Gasteiger partial charge in [-0.1, -0.05) is 11.6 Å². The van der Waals surface area contributed by atoms with Crippen molar-refractivity contribution < 1.29 is 13.2 Å². The maximum atomic E-state index is 12.4. The van der Waals surface area contributed by atoms with Crippen LogP contribution < -0.4 is 5.32 Å². The molecule has 1 aromatic rings. The van der Waals surface area contributed by atoms with Gasteiger partial charge in [-0.15, -0.1) is 35.3 Å². The first kappa shape index (κ1) is 23.9. The molecule has 0 aromatic carbocycles. The lowest BCUT2D eigenvalue weighted by atomic mass is 9.99. The summed E-state index contributed by atoms with van der Waals surface area (Å²) in [5.74, 6) is 0.696. The summed E-state index contributed by atoms with van der Waals surface area (Å²) >= 11 is 7.52. The topological polar surface area (TPSA) is 71.0 Å². The first-order valence-corrected chi connectivity index (χ1v) is 11.4. The molecule has 0 bridgehead atoms. The van der Waals surface area contributed by atoms with E-state index in [2.05, 4.69) is 10.3 Å². The third-order valence-corrected chi connectivity index (χ3v) is 7.75. The van der Waals surface area contributed by atoms with Crippen molar-refractivity contribution in [3.63, 3.8) is 0 Å². The lowest BCUT2D eigenvalue weighted by molar-refractivity contribution is 0.0767. The van der Waals surface area contributed by atoms with E-state index >= 15 is 0 Å². The van der Waals surface area contributed by atoms with Gasteiger partial charge in [0.05, 0.1) is 22.2 Å². The highest BCUT2D eigenvalue weighted by Gasteiger charge is 2.42. The Bertz CT molecular complexity index is 703. The maximum Gasteiger partial charge on any atom is 0.194 e. The van der Waals surface area contributed by atoms with Crippen molar-refractivity contribution in [2.24, 2.45) is 4.99 Å². The Kier molecular flexibility index (Phi) is 9.62. The van der Waals surface area contributed by atoms with E-state index in [1.165, 1.54) is 17.6 Å². The van der Waals surface area contributed by atoms with Crippen molar-refractivity contribution in [3.05, 3.63) is 21.3 Å². The zero-order chi connectivity index (χ0) is 18.5. The predicted molar refractivity (Wildman–Crippen MR) is 120 cm³/mol. The molecule has 150 valence electrons. The van der Waals surface area contributed by atoms with E-state index < -0.39 is 14.6 Å². The number of halogens is 2. The molecule has 0 saturated carbocycles. The summed E-state index contributed by atoms with van der Waals surface area (Å²) < 4.78 is 30.0. The number of ether oxygens (including phenoxy) is 1. The number of aliphatic imine (C=N–C) groups is 1. The lowest BCUT2D eigenvalue weighted by Crippen LogP contribution is -2.47. The largest absolute Gasteiger partial charge is 0.381 e. The molecule has 10 heteroatoms. The van der Waals surface area contributed by atoms with E-state index in [1.807, 2.05) is 31.0 Å². The Morgan fingerprint density at radius 3 is 2.58 bits per heavy atom. The number of thiophene rings is 1. The first-order valence-electron chi connectivity index (χ1n) is 8.28. The molecular weight excluding hydrogens is 509 g/mol. The summed E-state index contributed by atoms with van der Waals surface area (Å²) in [6.45, 7) is 4.53. The van der Waals surface area contributed by atoms with Crippen LogP contribution in [0.4, 0.5) is 0 Å². The first-order chi connectivity index (χ1) is 11.8. The Hall–Kier alpha value is -0.1000. The van der Waals surface area contributed by atoms with Crippen LogP contribution >= 0.6 is 46.9 Å². The van der Waals surface area contributed by atoms with Gasteiger partial charge in [-0.2, -0.15) is 0 Å². The number of hydrogen-bond acceptors (Lipinski definition) is 5. The molecule has 1 N–H and O–H groups in total. The van der Waals surface area contributed by atoms with Crippen LogP contribution in [0.3, 0.4) is 0 Å². The molecule has 1 aliphatic rings. The average Bonchev–Trinajstić information content (AvgIpc) is 2.96. The zero-order valence-electron chi connectivity index (χ0n) is 15.3. The quantitative estimate of drug-likeness (QED) is 0.345. The van der Waals surface area contributed by atoms with Crippen molar-refractivity contribution in [2.45, 2.75) is 31.1 Å². The van der Waals surface area contributed by atoms with Crippen LogP contribution in [0.25, 0.3) is 0 Å². The lowest BCUT2D eigenvalue weighted by Gasteiger charge is -2.34. The predicted octanol–water partition coefficient (Wildman–Crippen LogP) is 3.01. The van der Waals surface area contributed by atoms with Gasteiger partial charge in [0.15, 0.2) is 15.8 Å². The van der Waals surface area contributed by atoms with E-state index in [0.717, 1.165) is 9.21 Å². The van der Waals surface area contributed by atoms with Gasteiger partial charge < -0.3 is 15.0 Å². The molecule has 26 heavy (non-hydrogen) atoms. The van der Waals surface area contributed by atoms with Crippen molar-refractivity contribution >= 4 is 62.7 Å². The molecule has 0 radical (unpaired) electrons. The third kappa shape index (κ3) is 6.22. The van der Waals surface area contributed by atoms with Crippen LogP contribution in [0.5, 0.6) is 0 Å². The minimum absolute atomic E-state index is 0. The normalized spacial score (nSPS) is 17.5. The Morgan fingerprint density at radius 1 is 1.42 bits per heavy atom. The molecular formula is C16H27ClIN3O3S2. The van der Waals surface area contributed by atoms with Crippen molar-refractivity contribution in [2.75, 3.05) is 39.6 Å². The molecule has 6 nitrogen and oxygen atoms in total. The fourth-order valence-corrected chi connectivity index (χ4v) is 5.17. The van der Waals surface area contributed by atoms with E-state index in [4.69, 9.17) is 16.3 Å². The van der Waals surface area contributed by atoms with Crippen molar-refractivity contribution in [1.82, 2.24) is 10.2 Å². The van der Waals surface area contributed by atoms with E-state index in [9.17, 15) is 8.42 Å². The highest BCUT2D eigenvalue weighted by molar-refractivity contribution is 14.0. The molecule has 1 saturated heterocycles. The fraction of sp³-hybridized carbons (Fsp3) is 0.688. The Morgan fingerprint density at radius 2 is 2.08 bits per heavy atom. The van der Waals surface area contributed by atoms with Gasteiger partial charge in [-0.05, 0) is 31.9 Å². The Balaban J connectivity index is 0.00000338. The summed E-state index contributed by atoms with van der Waals surface area (Å²) in [4.78, 5) is 7.76. The molecule has 1 aromatic heterocycles. The van der Waals surface area contributed by atoms with Gasteiger partial charge in [-0.3, -0.25) is 4.99 Å². The highest BCUT2D eigenvalue weighted by Crippen LogP contribution is 2.30. The number of nitrogens with one attached hydrogen (secondary N) is 1. The molecule has 0 amide bonds. The van der Waals surface area contributed by atoms with Crippen molar-refractivity contribution in [1.29, 1.82) is 0 Å². The molecule has 1 aliphatic heterocycles. The van der Waals surface area contributed by atoms with E-state index in [-0.39, 0.29) is 30.5 Å². The number of sulfone groups is 1. The number of hydrogen-bond donors (Lipinski definition) is 1. The van der Waals surface area contributed by atoms with Gasteiger partial charge in [0.2, 0.25) is 0 Å². The Labute approximate surface area is 182 Å². The zero-order valence-corrected chi connectivity index (χ0v) is 20.0. The molecule has 1 fully saturated rings. The van der Waals surface area contributed by atoms with Gasteiger partial charge in [-0.25, -0.2) is 8.42 Å². The minimum atomic E-state index is -3.23. The second-order valence-electron chi connectivity index (χ2n) is 6.30. The summed E-state index contributed by atoms with van der Waals surface area (Å²) in [6, 6.07) is 3.86. The molecule has 0 unspecified atom stereocenters. The fourth-order valence-electron chi connectivity index (χ4n) is 2.82. The molecule has 2 heterocycles. The second-order valence-corrected chi connectivity index (χ2v) is 10.5. The van der Waals surface area contributed by atoms with Gasteiger partial charge in [0.25, 0.3) is 0 Å². The van der Waals surface area contributed by atoms with Crippen LogP contribution in [-0.2, 0) is 21.1 Å². The van der Waals surface area contributed by atoms with E-state index in [1.54, 1.807) is 0 Å². The maximum absolute atomic E-state index is 12.4. The van der Waals surface area contributed by atoms with Crippen molar-refractivity contribution in [3.8, 4) is 0 Å². The van der Waals surface area contributed by atoms with Crippen LogP contribution in [0.15, 0.2) is 17.1 Å². The van der Waals surface area contributed by atoms with Crippen LogP contribution in [0.1, 0.15) is 24.6 Å². The molecule has 0 atom stereocenters. The summed E-state index contributed by atoms with van der Waals surface area (Å²) in [5.41, 5.74) is 0. The highest BCUT2D eigenvalue weighted by atomic mass is 127. The smallest absolute Gasteiger partial charge is 0.194 e. The third-order valence-electron chi connectivity index (χ3n) is 4.43. The second kappa shape index (κ2) is 10.4. The standard InChI is InChI=1S/C16H26ClN3O3S2.HI/c1-4-18-15(20(2)11-13-5-6-14(17)24-13)19-12-16(25(3,21)22)7-9-23-10-8-16;/h5-6H,4,7-12H2,1-3H3,(H,18,19);1H. The molecule has 0 spiro atoms. The molecule has 0 aliphatic carbocycles. The number of nitrogens with zero attached hydrogens (tertiary/aromatic N) is 2. The summed E-state index contributed by atoms with van der Waals surface area (Å²) in [7, 11) is -1.29. The summed E-state index contributed by atoms with van der Waals surface area (Å²) in [6.07, 6.45) is 2.27. The van der Waals surface area contributed by atoms with E-state index in [0.29, 0.717) is 45.1 Å². The van der Waals surface area contributed by atoms with Crippen LogP contribution in [0.2, 0.25) is 4.34 Å². The monoisotopic (exact) mass is 535 g/mol. The van der Waals surface area contributed by atoms with Crippen LogP contribution in [-0.4, -0.2) is 63.6 Å². The molecule has 2 rings (SSSR count). The van der Waals surface area contributed by atoms with Gasteiger partial charge in [0, 0.05) is 37.9 Å².